The fraction of sp³-hybridized carbons (Fsp3) is 0.476. The standard InChI is InChI=1S/C21H26N6O3/c1-4-15-20(28)25(2)17-12-23-18(24-19(17)27(15)13-7-5-6-8-13)14-9-10-22-11-16(14)26(3)21(29)30/h9-13,15H,4-8H2,1-3H3,(H,29,30). The molecule has 4 rings (SSSR count). The Morgan fingerprint density at radius 1 is 1.30 bits per heavy atom. The van der Waals surface area contributed by atoms with E-state index in [0.29, 0.717) is 29.2 Å². The average molecular weight is 410 g/mol. The van der Waals surface area contributed by atoms with Crippen molar-refractivity contribution in [2.45, 2.75) is 51.1 Å². The van der Waals surface area contributed by atoms with Gasteiger partial charge in [-0.3, -0.25) is 14.7 Å². The number of pyridine rings is 1. The first-order valence-corrected chi connectivity index (χ1v) is 10.3. The molecule has 0 aromatic carbocycles. The van der Waals surface area contributed by atoms with Crippen LogP contribution in [0.1, 0.15) is 39.0 Å². The Morgan fingerprint density at radius 3 is 2.70 bits per heavy atom. The molecule has 2 aliphatic rings. The summed E-state index contributed by atoms with van der Waals surface area (Å²) in [7, 11) is 3.22. The molecular formula is C21H26N6O3. The summed E-state index contributed by atoms with van der Waals surface area (Å²) in [4.78, 5) is 42.8. The molecule has 1 unspecified atom stereocenters. The smallest absolute Gasteiger partial charge is 0.411 e. The minimum absolute atomic E-state index is 0.0588. The minimum Gasteiger partial charge on any atom is -0.465 e. The number of hydrogen-bond donors (Lipinski definition) is 1. The van der Waals surface area contributed by atoms with Crippen LogP contribution in [0.25, 0.3) is 11.4 Å². The van der Waals surface area contributed by atoms with Crippen LogP contribution in [0.4, 0.5) is 22.0 Å². The second-order valence-electron chi connectivity index (χ2n) is 7.80. The van der Waals surface area contributed by atoms with Crippen molar-refractivity contribution in [3.05, 3.63) is 24.7 Å². The number of rotatable bonds is 4. The monoisotopic (exact) mass is 410 g/mol. The molecule has 1 saturated carbocycles. The summed E-state index contributed by atoms with van der Waals surface area (Å²) in [5, 5.41) is 9.42. The number of fused-ring (bicyclic) bond motifs is 1. The lowest BCUT2D eigenvalue weighted by molar-refractivity contribution is -0.120. The Hall–Kier alpha value is -3.23. The zero-order valence-corrected chi connectivity index (χ0v) is 17.4. The summed E-state index contributed by atoms with van der Waals surface area (Å²) in [5.41, 5.74) is 1.67. The summed E-state index contributed by atoms with van der Waals surface area (Å²) in [5.74, 6) is 1.21. The molecule has 1 atom stereocenters. The normalized spacial score (nSPS) is 19.2. The van der Waals surface area contributed by atoms with E-state index in [0.717, 1.165) is 36.4 Å². The topological polar surface area (TPSA) is 103 Å². The summed E-state index contributed by atoms with van der Waals surface area (Å²) in [6.07, 6.45) is 8.71. The molecule has 1 fully saturated rings. The number of anilines is 3. The maximum absolute atomic E-state index is 13.0. The van der Waals surface area contributed by atoms with Crippen molar-refractivity contribution < 1.29 is 14.7 Å². The van der Waals surface area contributed by atoms with Crippen LogP contribution in [-0.4, -0.2) is 58.2 Å². The first-order valence-electron chi connectivity index (χ1n) is 10.3. The van der Waals surface area contributed by atoms with Crippen LogP contribution in [0.15, 0.2) is 24.7 Å². The number of hydrogen-bond acceptors (Lipinski definition) is 6. The van der Waals surface area contributed by atoms with Crippen LogP contribution in [0.5, 0.6) is 0 Å². The maximum Gasteiger partial charge on any atom is 0.411 e. The third kappa shape index (κ3) is 3.24. The molecule has 0 bridgehead atoms. The van der Waals surface area contributed by atoms with Gasteiger partial charge in [0, 0.05) is 31.9 Å². The van der Waals surface area contributed by atoms with Crippen molar-refractivity contribution in [2.75, 3.05) is 28.8 Å². The zero-order chi connectivity index (χ0) is 21.4. The van der Waals surface area contributed by atoms with Gasteiger partial charge in [0.15, 0.2) is 11.6 Å². The van der Waals surface area contributed by atoms with E-state index in [1.807, 2.05) is 6.92 Å². The Bertz CT molecular complexity index is 975. The Labute approximate surface area is 175 Å². The molecule has 1 aliphatic heterocycles. The first-order chi connectivity index (χ1) is 14.4. The maximum atomic E-state index is 13.0. The SMILES string of the molecule is CCC1C(=O)N(C)c2cnc(-c3ccncc3N(C)C(=O)O)nc2N1C1CCCC1. The van der Waals surface area contributed by atoms with E-state index in [2.05, 4.69) is 14.9 Å². The van der Waals surface area contributed by atoms with E-state index >= 15 is 0 Å². The van der Waals surface area contributed by atoms with E-state index in [1.165, 1.54) is 13.2 Å². The minimum atomic E-state index is -1.09. The molecule has 2 aromatic rings. The number of nitrogens with zero attached hydrogens (tertiary/aromatic N) is 6. The van der Waals surface area contributed by atoms with E-state index < -0.39 is 6.09 Å². The predicted molar refractivity (Wildman–Crippen MR) is 114 cm³/mol. The molecule has 1 aliphatic carbocycles. The molecule has 9 nitrogen and oxygen atoms in total. The van der Waals surface area contributed by atoms with Crippen LogP contribution in [0, 0.1) is 0 Å². The van der Waals surface area contributed by atoms with Crippen molar-refractivity contribution in [1.82, 2.24) is 15.0 Å². The summed E-state index contributed by atoms with van der Waals surface area (Å²) in [6, 6.07) is 1.73. The second kappa shape index (κ2) is 7.89. The van der Waals surface area contributed by atoms with Gasteiger partial charge in [0.1, 0.15) is 11.7 Å². The number of carbonyl (C=O) groups excluding carboxylic acids is 1. The molecule has 2 aromatic heterocycles. The van der Waals surface area contributed by atoms with E-state index in [4.69, 9.17) is 4.98 Å². The molecule has 1 N–H and O–H groups in total. The molecule has 30 heavy (non-hydrogen) atoms. The number of amides is 2. The Morgan fingerprint density at radius 2 is 2.03 bits per heavy atom. The highest BCUT2D eigenvalue weighted by Gasteiger charge is 2.41. The average Bonchev–Trinajstić information content (AvgIpc) is 3.29. The summed E-state index contributed by atoms with van der Waals surface area (Å²) >= 11 is 0. The highest BCUT2D eigenvalue weighted by atomic mass is 16.4. The van der Waals surface area contributed by atoms with Gasteiger partial charge >= 0.3 is 6.09 Å². The van der Waals surface area contributed by atoms with Gasteiger partial charge in [-0.05, 0) is 25.3 Å². The molecule has 0 radical (unpaired) electrons. The van der Waals surface area contributed by atoms with Gasteiger partial charge in [-0.15, -0.1) is 0 Å². The first kappa shape index (κ1) is 20.1. The Balaban J connectivity index is 1.86. The summed E-state index contributed by atoms with van der Waals surface area (Å²) < 4.78 is 0. The zero-order valence-electron chi connectivity index (χ0n) is 17.4. The van der Waals surface area contributed by atoms with Gasteiger partial charge in [0.2, 0.25) is 5.91 Å². The van der Waals surface area contributed by atoms with Gasteiger partial charge in [-0.25, -0.2) is 14.8 Å². The van der Waals surface area contributed by atoms with Gasteiger partial charge in [-0.2, -0.15) is 0 Å². The van der Waals surface area contributed by atoms with Crippen LogP contribution in [0.2, 0.25) is 0 Å². The van der Waals surface area contributed by atoms with Crippen LogP contribution < -0.4 is 14.7 Å². The largest absolute Gasteiger partial charge is 0.465 e. The predicted octanol–water partition coefficient (Wildman–Crippen LogP) is 3.16. The molecule has 9 heteroatoms. The van der Waals surface area contributed by atoms with Gasteiger partial charge in [0.05, 0.1) is 18.1 Å². The molecular weight excluding hydrogens is 384 g/mol. The lowest BCUT2D eigenvalue weighted by atomic mass is 10.0. The van der Waals surface area contributed by atoms with E-state index in [-0.39, 0.29) is 18.0 Å². The fourth-order valence-corrected chi connectivity index (χ4v) is 4.46. The third-order valence-corrected chi connectivity index (χ3v) is 6.10. The van der Waals surface area contributed by atoms with Gasteiger partial charge in [0.25, 0.3) is 0 Å². The van der Waals surface area contributed by atoms with E-state index in [9.17, 15) is 14.7 Å². The van der Waals surface area contributed by atoms with Crippen LogP contribution >= 0.6 is 0 Å². The number of aromatic nitrogens is 3. The van der Waals surface area contributed by atoms with Crippen molar-refractivity contribution in [1.29, 1.82) is 0 Å². The van der Waals surface area contributed by atoms with E-state index in [1.54, 1.807) is 30.4 Å². The lowest BCUT2D eigenvalue weighted by Gasteiger charge is -2.43. The number of carbonyl (C=O) groups is 2. The van der Waals surface area contributed by atoms with Crippen molar-refractivity contribution in [3.63, 3.8) is 0 Å². The second-order valence-corrected chi connectivity index (χ2v) is 7.80. The van der Waals surface area contributed by atoms with Crippen molar-refractivity contribution in [2.24, 2.45) is 0 Å². The molecule has 2 amide bonds. The van der Waals surface area contributed by atoms with Crippen LogP contribution in [-0.2, 0) is 4.79 Å². The quantitative estimate of drug-likeness (QED) is 0.826. The molecule has 0 saturated heterocycles. The number of carboxylic acid groups (broad SMARTS) is 1. The van der Waals surface area contributed by atoms with Gasteiger partial charge in [-0.1, -0.05) is 19.8 Å². The van der Waals surface area contributed by atoms with Crippen molar-refractivity contribution >= 4 is 29.2 Å². The highest BCUT2D eigenvalue weighted by molar-refractivity contribution is 6.04. The lowest BCUT2D eigenvalue weighted by Crippen LogP contribution is -2.55. The highest BCUT2D eigenvalue weighted by Crippen LogP contribution is 2.40. The Kier molecular flexibility index (Phi) is 5.27. The molecule has 3 heterocycles. The molecule has 158 valence electrons. The van der Waals surface area contributed by atoms with Crippen LogP contribution in [0.3, 0.4) is 0 Å². The molecule has 0 spiro atoms. The number of likely N-dealkylation sites (N-methyl/N-ethyl adjacent to an activating group) is 1. The third-order valence-electron chi connectivity index (χ3n) is 6.10. The van der Waals surface area contributed by atoms with Gasteiger partial charge < -0.3 is 14.9 Å². The fourth-order valence-electron chi connectivity index (χ4n) is 4.46. The summed E-state index contributed by atoms with van der Waals surface area (Å²) in [6.45, 7) is 2.02. The van der Waals surface area contributed by atoms with Crippen molar-refractivity contribution in [3.8, 4) is 11.4 Å².